The molecule has 0 atom stereocenters. The minimum Gasteiger partial charge on any atom is -0.503 e. The van der Waals surface area contributed by atoms with Crippen LogP contribution in [0.3, 0.4) is 0 Å². The van der Waals surface area contributed by atoms with Gasteiger partial charge in [-0.05, 0) is 59.6 Å². The highest BCUT2D eigenvalue weighted by Crippen LogP contribution is 2.36. The Kier molecular flexibility index (Phi) is 6.03. The van der Waals surface area contributed by atoms with Gasteiger partial charge in [0.15, 0.2) is 17.3 Å². The molecule has 1 aromatic carbocycles. The van der Waals surface area contributed by atoms with E-state index in [0.717, 1.165) is 30.6 Å². The van der Waals surface area contributed by atoms with E-state index in [2.05, 4.69) is 27.8 Å². The summed E-state index contributed by atoms with van der Waals surface area (Å²) < 4.78 is 6.00. The molecule has 1 aliphatic heterocycles. The monoisotopic (exact) mass is 367 g/mol. The lowest BCUT2D eigenvalue weighted by Crippen LogP contribution is -2.36. The molecule has 5 heteroatoms. The topological polar surface area (TPSA) is 49.8 Å². The molecule has 4 nitrogen and oxygen atoms in total. The zero-order valence-corrected chi connectivity index (χ0v) is 14.6. The van der Waals surface area contributed by atoms with Crippen molar-refractivity contribution >= 4 is 27.8 Å². The molecule has 0 aliphatic carbocycles. The molecular formula is C17H22BrNO3. The average Bonchev–Trinajstić information content (AvgIpc) is 2.48. The lowest BCUT2D eigenvalue weighted by Gasteiger charge is -2.27. The van der Waals surface area contributed by atoms with Crippen LogP contribution in [0.5, 0.6) is 11.5 Å². The number of halogens is 1. The molecule has 0 saturated carbocycles. The number of ether oxygens (including phenoxy) is 1. The fraction of sp³-hybridized carbons (Fsp3) is 0.471. The van der Waals surface area contributed by atoms with Crippen molar-refractivity contribution in [2.24, 2.45) is 0 Å². The summed E-state index contributed by atoms with van der Waals surface area (Å²) in [7, 11) is 0. The van der Waals surface area contributed by atoms with Crippen molar-refractivity contribution < 1.29 is 14.6 Å². The fourth-order valence-corrected chi connectivity index (χ4v) is 3.07. The van der Waals surface area contributed by atoms with Crippen LogP contribution in [0.2, 0.25) is 0 Å². The minimum atomic E-state index is 0.0894. The molecular weight excluding hydrogens is 346 g/mol. The maximum atomic E-state index is 12.1. The van der Waals surface area contributed by atoms with Crippen molar-refractivity contribution in [3.05, 3.63) is 27.7 Å². The van der Waals surface area contributed by atoms with Crippen LogP contribution >= 0.6 is 15.9 Å². The first-order valence-corrected chi connectivity index (χ1v) is 8.45. The summed E-state index contributed by atoms with van der Waals surface area (Å²) in [5.74, 6) is 0.721. The van der Waals surface area contributed by atoms with E-state index in [1.54, 1.807) is 12.1 Å². The van der Waals surface area contributed by atoms with Crippen LogP contribution in [0, 0.1) is 0 Å². The molecule has 22 heavy (non-hydrogen) atoms. The van der Waals surface area contributed by atoms with E-state index in [9.17, 15) is 9.90 Å². The van der Waals surface area contributed by atoms with Crippen LogP contribution in [0.1, 0.15) is 32.3 Å². The van der Waals surface area contributed by atoms with Crippen LogP contribution in [0.25, 0.3) is 6.08 Å². The van der Waals surface area contributed by atoms with Crippen LogP contribution in [-0.2, 0) is 4.79 Å². The number of Topliss-reactive ketones (excluding diaryl/α,β-unsaturated/α-hetero) is 1. The van der Waals surface area contributed by atoms with Gasteiger partial charge in [-0.25, -0.2) is 0 Å². The molecule has 120 valence electrons. The third kappa shape index (κ3) is 4.11. The van der Waals surface area contributed by atoms with Gasteiger partial charge in [0.05, 0.1) is 11.1 Å². The zero-order chi connectivity index (χ0) is 16.1. The number of carbonyl (C=O) groups excluding carboxylic acids is 1. The Labute approximate surface area is 139 Å². The SMILES string of the molecule is CCCN1CCC(=O)/C(=C/c2cc(Br)c(O)c(OCC)c2)C1. The first-order valence-electron chi connectivity index (χ1n) is 7.66. The summed E-state index contributed by atoms with van der Waals surface area (Å²) >= 11 is 3.33. The summed E-state index contributed by atoms with van der Waals surface area (Å²) in [5, 5.41) is 9.96. The summed E-state index contributed by atoms with van der Waals surface area (Å²) in [6.07, 6.45) is 3.56. The third-order valence-electron chi connectivity index (χ3n) is 3.64. The Hall–Kier alpha value is -1.33. The molecule has 1 aromatic rings. The third-order valence-corrected chi connectivity index (χ3v) is 4.24. The van der Waals surface area contributed by atoms with Crippen molar-refractivity contribution in [3.63, 3.8) is 0 Å². The smallest absolute Gasteiger partial charge is 0.172 e. The molecule has 0 bridgehead atoms. The predicted molar refractivity (Wildman–Crippen MR) is 91.3 cm³/mol. The van der Waals surface area contributed by atoms with Gasteiger partial charge in [0.1, 0.15) is 0 Å². The zero-order valence-electron chi connectivity index (χ0n) is 13.1. The number of piperidine rings is 1. The molecule has 0 amide bonds. The van der Waals surface area contributed by atoms with Crippen molar-refractivity contribution in [2.45, 2.75) is 26.7 Å². The molecule has 1 fully saturated rings. The quantitative estimate of drug-likeness (QED) is 0.807. The summed E-state index contributed by atoms with van der Waals surface area (Å²) in [6.45, 7) is 7.02. The van der Waals surface area contributed by atoms with Crippen molar-refractivity contribution in [1.29, 1.82) is 0 Å². The molecule has 1 saturated heterocycles. The number of hydrogen-bond acceptors (Lipinski definition) is 4. The number of carbonyl (C=O) groups is 1. The number of aromatic hydroxyl groups is 1. The fourth-order valence-electron chi connectivity index (χ4n) is 2.61. The molecule has 1 N–H and O–H groups in total. The van der Waals surface area contributed by atoms with Crippen LogP contribution in [-0.4, -0.2) is 42.0 Å². The normalized spacial score (nSPS) is 18.0. The summed E-state index contributed by atoms with van der Waals surface area (Å²) in [4.78, 5) is 14.4. The van der Waals surface area contributed by atoms with Gasteiger partial charge in [0.25, 0.3) is 0 Å². The van der Waals surface area contributed by atoms with Gasteiger partial charge >= 0.3 is 0 Å². The molecule has 0 unspecified atom stereocenters. The van der Waals surface area contributed by atoms with E-state index in [1.165, 1.54) is 0 Å². The first kappa shape index (κ1) is 17.0. The number of nitrogens with zero attached hydrogens (tertiary/aromatic N) is 1. The van der Waals surface area contributed by atoms with E-state index in [0.29, 0.717) is 29.8 Å². The first-order chi connectivity index (χ1) is 10.5. The molecule has 2 rings (SSSR count). The number of rotatable bonds is 5. The second kappa shape index (κ2) is 7.79. The lowest BCUT2D eigenvalue weighted by atomic mass is 10.00. The van der Waals surface area contributed by atoms with E-state index in [4.69, 9.17) is 4.74 Å². The standard InChI is InChI=1S/C17H22BrNO3/c1-3-6-19-7-5-15(20)13(11-19)8-12-9-14(18)17(21)16(10-12)22-4-2/h8-10,21H,3-7,11H2,1-2H3/b13-8+. The number of ketones is 1. The number of phenols is 1. The van der Waals surface area contributed by atoms with Crippen LogP contribution in [0.15, 0.2) is 22.2 Å². The van der Waals surface area contributed by atoms with Crippen molar-refractivity contribution in [2.75, 3.05) is 26.2 Å². The second-order valence-corrected chi connectivity index (χ2v) is 6.26. The van der Waals surface area contributed by atoms with Crippen molar-refractivity contribution in [1.82, 2.24) is 4.90 Å². The highest BCUT2D eigenvalue weighted by atomic mass is 79.9. The van der Waals surface area contributed by atoms with Crippen LogP contribution < -0.4 is 4.74 Å². The maximum absolute atomic E-state index is 12.1. The number of likely N-dealkylation sites (tertiary alicyclic amines) is 1. The maximum Gasteiger partial charge on any atom is 0.172 e. The van der Waals surface area contributed by atoms with E-state index in [-0.39, 0.29) is 11.5 Å². The Balaban J connectivity index is 2.28. The molecule has 0 aromatic heterocycles. The highest BCUT2D eigenvalue weighted by molar-refractivity contribution is 9.10. The Bertz CT molecular complexity index is 584. The van der Waals surface area contributed by atoms with Gasteiger partial charge in [-0.3, -0.25) is 9.69 Å². The van der Waals surface area contributed by atoms with Crippen molar-refractivity contribution in [3.8, 4) is 11.5 Å². The molecule has 0 spiro atoms. The Morgan fingerprint density at radius 3 is 2.86 bits per heavy atom. The molecule has 0 radical (unpaired) electrons. The largest absolute Gasteiger partial charge is 0.503 e. The highest BCUT2D eigenvalue weighted by Gasteiger charge is 2.21. The van der Waals surface area contributed by atoms with E-state index >= 15 is 0 Å². The lowest BCUT2D eigenvalue weighted by molar-refractivity contribution is -0.117. The van der Waals surface area contributed by atoms with Crippen LogP contribution in [0.4, 0.5) is 0 Å². The molecule has 1 heterocycles. The number of hydrogen-bond donors (Lipinski definition) is 1. The summed E-state index contributed by atoms with van der Waals surface area (Å²) in [6, 6.07) is 3.57. The second-order valence-electron chi connectivity index (χ2n) is 5.40. The van der Waals surface area contributed by atoms with Gasteiger partial charge in [0, 0.05) is 25.1 Å². The van der Waals surface area contributed by atoms with Gasteiger partial charge in [-0.15, -0.1) is 0 Å². The Morgan fingerprint density at radius 1 is 1.41 bits per heavy atom. The molecule has 1 aliphatic rings. The average molecular weight is 368 g/mol. The predicted octanol–water partition coefficient (Wildman–Crippen LogP) is 3.62. The van der Waals surface area contributed by atoms with E-state index < -0.39 is 0 Å². The van der Waals surface area contributed by atoms with Gasteiger partial charge in [-0.2, -0.15) is 0 Å². The number of phenolic OH excluding ortho intramolecular Hbond substituents is 1. The van der Waals surface area contributed by atoms with E-state index in [1.807, 2.05) is 13.0 Å². The van der Waals surface area contributed by atoms with Gasteiger partial charge in [-0.1, -0.05) is 6.92 Å². The van der Waals surface area contributed by atoms with Gasteiger partial charge in [0.2, 0.25) is 0 Å². The minimum absolute atomic E-state index is 0.0894. The van der Waals surface area contributed by atoms with Gasteiger partial charge < -0.3 is 9.84 Å². The summed E-state index contributed by atoms with van der Waals surface area (Å²) in [5.41, 5.74) is 1.68. The Morgan fingerprint density at radius 2 is 2.18 bits per heavy atom. The number of benzene rings is 1.